The third-order valence-electron chi connectivity index (χ3n) is 4.17. The van der Waals surface area contributed by atoms with E-state index in [0.29, 0.717) is 16.9 Å². The van der Waals surface area contributed by atoms with Gasteiger partial charge in [-0.3, -0.25) is 9.69 Å². The number of hydrogen-bond donors (Lipinski definition) is 1. The molecule has 2 aromatic rings. The third kappa shape index (κ3) is 3.80. The highest BCUT2D eigenvalue weighted by molar-refractivity contribution is 9.10. The van der Waals surface area contributed by atoms with Gasteiger partial charge in [-0.25, -0.2) is 4.79 Å². The van der Waals surface area contributed by atoms with Crippen molar-refractivity contribution in [3.05, 3.63) is 75.4 Å². The number of nitrogens with zero attached hydrogens (tertiary/aromatic N) is 1. The number of benzene rings is 2. The second kappa shape index (κ2) is 7.80. The number of rotatable bonds is 4. The van der Waals surface area contributed by atoms with Gasteiger partial charge in [-0.15, -0.1) is 0 Å². The van der Waals surface area contributed by atoms with E-state index in [4.69, 9.17) is 4.74 Å². The number of allylic oxidation sites excluding steroid dienone is 1. The SMILES string of the molecule is CCOC(=O)C1=C(C)N(c2ccc(Br)cc2)C(=O)/C1=C/c1ccc(O)cc1. The molecule has 0 aliphatic carbocycles. The maximum absolute atomic E-state index is 13.1. The molecule has 1 aliphatic rings. The van der Waals surface area contributed by atoms with Crippen molar-refractivity contribution in [3.63, 3.8) is 0 Å². The number of phenols is 1. The van der Waals surface area contributed by atoms with Gasteiger partial charge < -0.3 is 9.84 Å². The topological polar surface area (TPSA) is 66.8 Å². The highest BCUT2D eigenvalue weighted by Gasteiger charge is 2.38. The highest BCUT2D eigenvalue weighted by atomic mass is 79.9. The fraction of sp³-hybridized carbons (Fsp3) is 0.143. The Labute approximate surface area is 165 Å². The predicted molar refractivity (Wildman–Crippen MR) is 107 cm³/mol. The van der Waals surface area contributed by atoms with Crippen LogP contribution in [-0.2, 0) is 14.3 Å². The zero-order valence-corrected chi connectivity index (χ0v) is 16.5. The van der Waals surface area contributed by atoms with Crippen LogP contribution in [0.2, 0.25) is 0 Å². The van der Waals surface area contributed by atoms with Crippen LogP contribution in [0.1, 0.15) is 19.4 Å². The van der Waals surface area contributed by atoms with Crippen LogP contribution >= 0.6 is 15.9 Å². The van der Waals surface area contributed by atoms with E-state index in [1.165, 1.54) is 17.0 Å². The first-order valence-electron chi connectivity index (χ1n) is 8.41. The molecular formula is C21H18BrNO4. The molecule has 1 aliphatic heterocycles. The second-order valence-electron chi connectivity index (χ2n) is 5.95. The molecule has 5 nitrogen and oxygen atoms in total. The number of carbonyl (C=O) groups is 2. The number of anilines is 1. The standard InChI is InChI=1S/C21H18BrNO4/c1-3-27-21(26)19-13(2)23(16-8-6-15(22)7-9-16)20(25)18(19)12-14-4-10-17(24)11-5-14/h4-12,24H,3H2,1-2H3/b18-12+. The van der Waals surface area contributed by atoms with Crippen LogP contribution in [0.3, 0.4) is 0 Å². The number of aromatic hydroxyl groups is 1. The number of halogens is 1. The van der Waals surface area contributed by atoms with Crippen LogP contribution in [-0.4, -0.2) is 23.6 Å². The summed E-state index contributed by atoms with van der Waals surface area (Å²) in [6.07, 6.45) is 1.64. The number of phenolic OH excluding ortho intramolecular Hbond substituents is 1. The molecule has 0 aromatic heterocycles. The van der Waals surface area contributed by atoms with Crippen molar-refractivity contribution < 1.29 is 19.4 Å². The van der Waals surface area contributed by atoms with Crippen molar-refractivity contribution in [3.8, 4) is 5.75 Å². The van der Waals surface area contributed by atoms with Crippen molar-refractivity contribution in [1.82, 2.24) is 0 Å². The molecule has 0 saturated carbocycles. The zero-order chi connectivity index (χ0) is 19.6. The molecule has 3 rings (SSSR count). The Kier molecular flexibility index (Phi) is 5.46. The van der Waals surface area contributed by atoms with Crippen LogP contribution in [0.25, 0.3) is 6.08 Å². The van der Waals surface area contributed by atoms with E-state index in [1.54, 1.807) is 44.2 Å². The van der Waals surface area contributed by atoms with E-state index >= 15 is 0 Å². The van der Waals surface area contributed by atoms with E-state index in [2.05, 4.69) is 15.9 Å². The van der Waals surface area contributed by atoms with Gasteiger partial charge in [0.1, 0.15) is 5.75 Å². The highest BCUT2D eigenvalue weighted by Crippen LogP contribution is 2.36. The predicted octanol–water partition coefficient (Wildman–Crippen LogP) is 4.42. The summed E-state index contributed by atoms with van der Waals surface area (Å²) in [4.78, 5) is 27.2. The molecule has 1 amide bonds. The van der Waals surface area contributed by atoms with Gasteiger partial charge in [0.2, 0.25) is 0 Å². The average Bonchev–Trinajstić information content (AvgIpc) is 2.88. The number of hydrogen-bond acceptors (Lipinski definition) is 4. The van der Waals surface area contributed by atoms with Gasteiger partial charge in [0, 0.05) is 15.9 Å². The van der Waals surface area contributed by atoms with Crippen LogP contribution in [0.5, 0.6) is 5.75 Å². The molecule has 0 saturated heterocycles. The summed E-state index contributed by atoms with van der Waals surface area (Å²) in [6.45, 7) is 3.67. The lowest BCUT2D eigenvalue weighted by molar-refractivity contribution is -0.138. The average molecular weight is 428 g/mol. The maximum atomic E-state index is 13.1. The second-order valence-corrected chi connectivity index (χ2v) is 6.86. The summed E-state index contributed by atoms with van der Waals surface area (Å²) in [5.41, 5.74) is 2.39. The lowest BCUT2D eigenvalue weighted by atomic mass is 10.0. The lowest BCUT2D eigenvalue weighted by Gasteiger charge is -2.18. The van der Waals surface area contributed by atoms with Gasteiger partial charge in [0.25, 0.3) is 5.91 Å². The molecule has 0 radical (unpaired) electrons. The summed E-state index contributed by atoms with van der Waals surface area (Å²) in [6, 6.07) is 13.7. The molecule has 0 atom stereocenters. The minimum Gasteiger partial charge on any atom is -0.508 e. The fourth-order valence-corrected chi connectivity index (χ4v) is 3.18. The minimum absolute atomic E-state index is 0.128. The first kappa shape index (κ1) is 18.9. The van der Waals surface area contributed by atoms with E-state index < -0.39 is 5.97 Å². The van der Waals surface area contributed by atoms with Gasteiger partial charge in [-0.05, 0) is 61.9 Å². The summed E-state index contributed by atoms with van der Waals surface area (Å²) >= 11 is 3.38. The Hall–Kier alpha value is -2.86. The quantitative estimate of drug-likeness (QED) is 0.579. The van der Waals surface area contributed by atoms with Gasteiger partial charge in [-0.1, -0.05) is 28.1 Å². The molecule has 1 N–H and O–H groups in total. The lowest BCUT2D eigenvalue weighted by Crippen LogP contribution is -2.24. The number of esters is 1. The molecule has 27 heavy (non-hydrogen) atoms. The minimum atomic E-state index is -0.534. The molecule has 1 heterocycles. The van der Waals surface area contributed by atoms with Crippen molar-refractivity contribution in [2.75, 3.05) is 11.5 Å². The molecule has 0 unspecified atom stereocenters. The number of ether oxygens (including phenoxy) is 1. The summed E-state index contributed by atoms with van der Waals surface area (Å²) in [5, 5.41) is 9.45. The van der Waals surface area contributed by atoms with Crippen LogP contribution in [0.15, 0.2) is 69.8 Å². The Bertz CT molecular complexity index is 943. The molecular weight excluding hydrogens is 410 g/mol. The monoisotopic (exact) mass is 427 g/mol. The Balaban J connectivity index is 2.11. The van der Waals surface area contributed by atoms with E-state index in [9.17, 15) is 14.7 Å². The van der Waals surface area contributed by atoms with Crippen LogP contribution in [0, 0.1) is 0 Å². The van der Waals surface area contributed by atoms with Gasteiger partial charge in [0.15, 0.2) is 0 Å². The van der Waals surface area contributed by atoms with Crippen molar-refractivity contribution in [2.24, 2.45) is 0 Å². The first-order chi connectivity index (χ1) is 12.9. The Morgan fingerprint density at radius 3 is 2.37 bits per heavy atom. The van der Waals surface area contributed by atoms with E-state index in [-0.39, 0.29) is 29.4 Å². The summed E-state index contributed by atoms with van der Waals surface area (Å²) < 4.78 is 6.06. The molecule has 0 spiro atoms. The van der Waals surface area contributed by atoms with Crippen LogP contribution < -0.4 is 4.90 Å². The van der Waals surface area contributed by atoms with Crippen LogP contribution in [0.4, 0.5) is 5.69 Å². The van der Waals surface area contributed by atoms with Gasteiger partial charge in [0.05, 0.1) is 17.8 Å². The van der Waals surface area contributed by atoms with Gasteiger partial charge in [-0.2, -0.15) is 0 Å². The molecule has 138 valence electrons. The normalized spacial score (nSPS) is 15.6. The zero-order valence-electron chi connectivity index (χ0n) is 14.9. The Morgan fingerprint density at radius 1 is 1.15 bits per heavy atom. The maximum Gasteiger partial charge on any atom is 0.340 e. The molecule has 2 aromatic carbocycles. The van der Waals surface area contributed by atoms with Crippen molar-refractivity contribution in [1.29, 1.82) is 0 Å². The molecule has 0 fully saturated rings. The Morgan fingerprint density at radius 2 is 1.78 bits per heavy atom. The van der Waals surface area contributed by atoms with E-state index in [0.717, 1.165) is 4.47 Å². The fourth-order valence-electron chi connectivity index (χ4n) is 2.92. The van der Waals surface area contributed by atoms with E-state index in [1.807, 2.05) is 12.1 Å². The number of amides is 1. The third-order valence-corrected chi connectivity index (χ3v) is 4.70. The molecule has 6 heteroatoms. The first-order valence-corrected chi connectivity index (χ1v) is 9.20. The summed E-state index contributed by atoms with van der Waals surface area (Å²) in [7, 11) is 0. The smallest absolute Gasteiger partial charge is 0.340 e. The van der Waals surface area contributed by atoms with Crippen molar-refractivity contribution >= 4 is 39.6 Å². The van der Waals surface area contributed by atoms with Crippen molar-refractivity contribution in [2.45, 2.75) is 13.8 Å². The number of carbonyl (C=O) groups excluding carboxylic acids is 2. The summed E-state index contributed by atoms with van der Waals surface area (Å²) in [5.74, 6) is -0.706. The van der Waals surface area contributed by atoms with Gasteiger partial charge >= 0.3 is 5.97 Å². The largest absolute Gasteiger partial charge is 0.508 e. The molecule has 0 bridgehead atoms.